The van der Waals surface area contributed by atoms with Crippen LogP contribution in [0.5, 0.6) is 0 Å². The number of likely N-dealkylation sites (tertiary alicyclic amines) is 2. The van der Waals surface area contributed by atoms with E-state index in [1.807, 2.05) is 40.1 Å². The highest BCUT2D eigenvalue weighted by atomic mass is 19.4. The van der Waals surface area contributed by atoms with Crippen LogP contribution < -0.4 is 9.80 Å². The van der Waals surface area contributed by atoms with E-state index in [0.717, 1.165) is 99.9 Å². The third-order valence-electron chi connectivity index (χ3n) is 26.0. The molecule has 8 fully saturated rings. The number of nitrogens with zero attached hydrogens (tertiary/aromatic N) is 17. The van der Waals surface area contributed by atoms with E-state index in [0.29, 0.717) is 124 Å². The number of hydrogen-bond donors (Lipinski definition) is 0. The topological polar surface area (TPSA) is 137 Å². The van der Waals surface area contributed by atoms with Gasteiger partial charge in [-0.3, -0.25) is 32.3 Å². The van der Waals surface area contributed by atoms with E-state index < -0.39 is 52.5 Å². The first-order valence-electron chi connectivity index (χ1n) is 42.4. The maximum Gasteiger partial charge on any atom is 0.420 e. The Morgan fingerprint density at radius 1 is 0.364 bits per heavy atom. The molecule has 8 aromatic heterocycles. The average Bonchev–Trinajstić information content (AvgIpc) is 1.64. The number of piperidine rings is 3. The van der Waals surface area contributed by atoms with Crippen LogP contribution in [0.15, 0.2) is 152 Å². The van der Waals surface area contributed by atoms with Crippen LogP contribution in [0.25, 0.3) is 22.6 Å². The quantitative estimate of drug-likeness (QED) is 0.0711. The summed E-state index contributed by atoms with van der Waals surface area (Å²) in [6.45, 7) is 10.9. The predicted molar refractivity (Wildman–Crippen MR) is 434 cm³/mol. The summed E-state index contributed by atoms with van der Waals surface area (Å²) in [7, 11) is 0. The Kier molecular flexibility index (Phi) is 23.6. The van der Waals surface area contributed by atoms with Crippen LogP contribution in [0.3, 0.4) is 0 Å². The van der Waals surface area contributed by atoms with Gasteiger partial charge in [-0.2, -0.15) is 39.5 Å². The molecule has 0 amide bonds. The van der Waals surface area contributed by atoms with Gasteiger partial charge in [0.05, 0.1) is 5.69 Å². The first-order valence-corrected chi connectivity index (χ1v) is 42.4. The molecule has 8 aliphatic rings. The minimum Gasteiger partial charge on any atom is -0.371 e. The lowest BCUT2D eigenvalue weighted by Gasteiger charge is -2.40. The Bertz CT molecular complexity index is 5580. The number of piperazine rings is 1. The van der Waals surface area contributed by atoms with Crippen LogP contribution in [-0.2, 0) is 74.9 Å². The summed E-state index contributed by atoms with van der Waals surface area (Å²) in [6.07, 6.45) is 10.4. The molecule has 4 aliphatic carbocycles. The summed E-state index contributed by atoms with van der Waals surface area (Å²) >= 11 is 0. The smallest absolute Gasteiger partial charge is 0.371 e. The van der Waals surface area contributed by atoms with Gasteiger partial charge >= 0.3 is 18.5 Å². The first kappa shape index (κ1) is 83.2. The molecule has 12 aromatic rings. The van der Waals surface area contributed by atoms with Crippen LogP contribution in [0, 0.1) is 48.0 Å². The molecule has 0 bridgehead atoms. The lowest BCUT2D eigenvalue weighted by atomic mass is 9.74. The van der Waals surface area contributed by atoms with Crippen molar-refractivity contribution < 1.29 is 57.1 Å². The fourth-order valence-electron chi connectivity index (χ4n) is 18.0. The van der Waals surface area contributed by atoms with Crippen molar-refractivity contribution in [2.45, 2.75) is 185 Å². The second-order valence-electron chi connectivity index (χ2n) is 34.8. The Hall–Kier alpha value is -10.1. The Morgan fingerprint density at radius 2 is 0.736 bits per heavy atom. The lowest BCUT2D eigenvalue weighted by molar-refractivity contribution is -0.138. The molecule has 0 radical (unpaired) electrons. The summed E-state index contributed by atoms with van der Waals surface area (Å²) in [5.41, 5.74) is 3.58. The summed E-state index contributed by atoms with van der Waals surface area (Å²) < 4.78 is 189. The van der Waals surface area contributed by atoms with Gasteiger partial charge in [0, 0.05) is 140 Å². The van der Waals surface area contributed by atoms with Gasteiger partial charge in [-0.15, -0.1) is 40.8 Å². The summed E-state index contributed by atoms with van der Waals surface area (Å²) in [5, 5.41) is 32.8. The number of alkyl halides is 10. The molecule has 4 aliphatic heterocycles. The zero-order valence-electron chi connectivity index (χ0n) is 67.8. The lowest BCUT2D eigenvalue weighted by Crippen LogP contribution is -2.46. The second-order valence-corrected chi connectivity index (χ2v) is 34.8. The van der Waals surface area contributed by atoms with E-state index in [1.54, 1.807) is 41.7 Å². The van der Waals surface area contributed by atoms with Crippen molar-refractivity contribution in [1.82, 2.24) is 73.1 Å². The van der Waals surface area contributed by atoms with Gasteiger partial charge in [0.2, 0.25) is 0 Å². The number of aromatic nitrogens is 12. The highest BCUT2D eigenvalue weighted by Gasteiger charge is 2.44. The van der Waals surface area contributed by atoms with Gasteiger partial charge in [-0.25, -0.2) is 17.6 Å². The van der Waals surface area contributed by atoms with Crippen molar-refractivity contribution in [3.63, 3.8) is 0 Å². The molecule has 20 rings (SSSR count). The van der Waals surface area contributed by atoms with Gasteiger partial charge < -0.3 is 9.80 Å². The number of aryl methyl sites for hydroxylation is 1. The highest BCUT2D eigenvalue weighted by Crippen LogP contribution is 2.45. The van der Waals surface area contributed by atoms with Crippen LogP contribution in [0.4, 0.5) is 68.5 Å². The first-order chi connectivity index (χ1) is 58.1. The number of fused-ring (bicyclic) bond motifs is 4. The molecule has 4 saturated carbocycles. The van der Waals surface area contributed by atoms with E-state index in [9.17, 15) is 52.7 Å². The Morgan fingerprint density at radius 3 is 1.15 bits per heavy atom. The molecule has 0 atom stereocenters. The molecule has 121 heavy (non-hydrogen) atoms. The molecular formula is C91H98F13N17. The predicted octanol–water partition coefficient (Wildman–Crippen LogP) is 19.2. The maximum atomic E-state index is 15.4. The van der Waals surface area contributed by atoms with Gasteiger partial charge in [-0.1, -0.05) is 79.7 Å². The largest absolute Gasteiger partial charge is 0.420 e. The van der Waals surface area contributed by atoms with Gasteiger partial charge in [0.15, 0.2) is 22.6 Å². The van der Waals surface area contributed by atoms with E-state index in [4.69, 9.17) is 0 Å². The third kappa shape index (κ3) is 19.1. The second kappa shape index (κ2) is 34.3. The molecule has 0 N–H and O–H groups in total. The van der Waals surface area contributed by atoms with Gasteiger partial charge in [-0.05, 0) is 227 Å². The molecule has 638 valence electrons. The zero-order chi connectivity index (χ0) is 84.1. The normalized spacial score (nSPS) is 19.0. The Balaban J connectivity index is 0.000000115. The number of pyridine rings is 4. The minimum atomic E-state index is -4.55. The molecule has 12 heterocycles. The van der Waals surface area contributed by atoms with E-state index in [1.165, 1.54) is 92.1 Å². The molecule has 4 saturated heterocycles. The standard InChI is InChI=1S/C24H26F4N4.C23H24F4N4.C22H22F5N5.C22H26N4/c1-23(18-4-6-19(25)7-5-18)9-12-31(13-10-23)15-17-8-11-32-20(14-16-2-3-16)29-30-22(32)21(17)24(26,27)28;24-22(18-4-2-1-3-5-18)9-12-30(13-10-22)15-17-8-11-31-19(14-16-6-7-16)28-29-21(31)20(17)23(25,26)27;23-16-3-4-18(17(24)12-16)31-9-7-30(8-10-31)13-15-5-6-32-19(11-14-1-2-14)28-29-21(32)20(15)22(25,26)27;1-16-20(11-14-26-21(15-17-7-8-17)23-24-22(16)26)25-12-9-19(10-13-25)18-5-3-2-4-6-18/h4-8,11,16H,2-3,9-10,12-15H2,1H3;1-5,8,11,16H,6-7,9-10,12-15H2;3-6,12,14H,1-2,7-11,13H2;2-6,11,14,17,19H,7-10,12-13,15H2,1H3. The zero-order valence-corrected chi connectivity index (χ0v) is 67.8. The van der Waals surface area contributed by atoms with E-state index >= 15 is 4.39 Å². The van der Waals surface area contributed by atoms with Crippen molar-refractivity contribution >= 4 is 34.0 Å². The fourth-order valence-corrected chi connectivity index (χ4v) is 18.0. The van der Waals surface area contributed by atoms with Crippen molar-refractivity contribution in [3.8, 4) is 0 Å². The molecule has 0 spiro atoms. The van der Waals surface area contributed by atoms with Gasteiger partial charge in [0.25, 0.3) is 0 Å². The fraction of sp³-hybridized carbons (Fsp3) is 0.473. The third-order valence-corrected chi connectivity index (χ3v) is 26.0. The molecule has 0 unspecified atom stereocenters. The maximum absolute atomic E-state index is 15.4. The monoisotopic (exact) mass is 1680 g/mol. The van der Waals surface area contributed by atoms with Gasteiger partial charge in [0.1, 0.15) is 63.1 Å². The molecule has 30 heteroatoms. The number of benzene rings is 4. The van der Waals surface area contributed by atoms with Crippen molar-refractivity contribution in [2.75, 3.05) is 75.2 Å². The minimum absolute atomic E-state index is 0.0983. The number of hydrogen-bond acceptors (Lipinski definition) is 13. The van der Waals surface area contributed by atoms with E-state index in [2.05, 4.69) is 111 Å². The molecule has 17 nitrogen and oxygen atoms in total. The summed E-state index contributed by atoms with van der Waals surface area (Å²) in [4.78, 5) is 10.2. The molecule has 4 aromatic carbocycles. The number of halogens is 13. The van der Waals surface area contributed by atoms with Crippen LogP contribution >= 0.6 is 0 Å². The summed E-state index contributed by atoms with van der Waals surface area (Å²) in [6, 6.07) is 36.8. The van der Waals surface area contributed by atoms with Crippen LogP contribution in [0.2, 0.25) is 0 Å². The van der Waals surface area contributed by atoms with Crippen molar-refractivity contribution in [2.24, 2.45) is 23.7 Å². The summed E-state index contributed by atoms with van der Waals surface area (Å²) in [5.74, 6) is 4.34. The number of rotatable bonds is 19. The Labute approximate surface area is 693 Å². The molecular weight excluding hydrogens is 1580 g/mol. The van der Waals surface area contributed by atoms with Crippen LogP contribution in [-0.4, -0.2) is 139 Å². The van der Waals surface area contributed by atoms with Crippen molar-refractivity contribution in [3.05, 3.63) is 249 Å². The van der Waals surface area contributed by atoms with Crippen molar-refractivity contribution in [1.29, 1.82) is 0 Å². The number of anilines is 2. The SMILES string of the molecule is CC1(c2ccc(F)cc2)CCN(Cc2ccn3c(CC4CC4)nnc3c2C(F)(F)F)CC1.Cc1c(N2CCC(c3ccccc3)CC2)ccn2c(CC3CC3)nnc12.FC(F)(F)c1c(CN2CCC(F)(c3ccccc3)CC2)ccn2c(CC3CC3)nnc12.Fc1ccc(N2CCN(Cc3ccn4c(CC5CC5)nnc4c3C(F)(F)F)CC2)c(F)c1. The highest BCUT2D eigenvalue weighted by molar-refractivity contribution is 5.65. The van der Waals surface area contributed by atoms with Crippen LogP contribution in [0.1, 0.15) is 182 Å². The average molecular weight is 1680 g/mol. The van der Waals surface area contributed by atoms with E-state index in [-0.39, 0.29) is 77.3 Å².